The number of hydrogen-bond acceptors (Lipinski definition) is 4. The summed E-state index contributed by atoms with van der Waals surface area (Å²) in [5.74, 6) is 1.42. The standard InChI is InChI=1S/C23H37FN4O2.HI/c1-3-25-23(26-10-4-5-11-28-12-14-29-15-13-28)27-18(2)20-8-9-22(21(24)16-20)30-17-19-6-7-19;/h8-9,16,18-19H,3-7,10-15,17H2,1-2H3,(H2,25,26,27);1H. The molecule has 0 bridgehead atoms. The average Bonchev–Trinajstić information content (AvgIpc) is 3.58. The van der Waals surface area contributed by atoms with Gasteiger partial charge in [0.2, 0.25) is 0 Å². The van der Waals surface area contributed by atoms with Gasteiger partial charge in [0.25, 0.3) is 0 Å². The van der Waals surface area contributed by atoms with Crippen LogP contribution in [0.2, 0.25) is 0 Å². The lowest BCUT2D eigenvalue weighted by molar-refractivity contribution is 0.0373. The molecule has 1 aromatic rings. The molecule has 8 heteroatoms. The Bertz CT molecular complexity index is 682. The molecule has 2 aliphatic rings. The summed E-state index contributed by atoms with van der Waals surface area (Å²) in [5.41, 5.74) is 0.879. The van der Waals surface area contributed by atoms with Crippen molar-refractivity contribution in [1.29, 1.82) is 0 Å². The normalized spacial score (nSPS) is 18.2. The third-order valence-corrected chi connectivity index (χ3v) is 5.58. The van der Waals surface area contributed by atoms with Crippen LogP contribution in [-0.4, -0.2) is 63.4 Å². The van der Waals surface area contributed by atoms with Crippen molar-refractivity contribution in [3.8, 4) is 5.75 Å². The molecule has 0 spiro atoms. The molecule has 31 heavy (non-hydrogen) atoms. The molecule has 0 radical (unpaired) electrons. The van der Waals surface area contributed by atoms with Gasteiger partial charge in [0, 0.05) is 26.2 Å². The fraction of sp³-hybridized carbons (Fsp3) is 0.696. The Hall–Kier alpha value is -1.13. The number of rotatable bonds is 11. The molecule has 176 valence electrons. The Kier molecular flexibility index (Phi) is 11.9. The summed E-state index contributed by atoms with van der Waals surface area (Å²) in [7, 11) is 0. The first-order chi connectivity index (χ1) is 14.7. The highest BCUT2D eigenvalue weighted by atomic mass is 127. The zero-order valence-electron chi connectivity index (χ0n) is 18.9. The maximum Gasteiger partial charge on any atom is 0.191 e. The quantitative estimate of drug-likeness (QED) is 0.190. The largest absolute Gasteiger partial charge is 0.490 e. The van der Waals surface area contributed by atoms with Crippen molar-refractivity contribution in [2.75, 3.05) is 52.5 Å². The second-order valence-electron chi connectivity index (χ2n) is 8.23. The minimum Gasteiger partial charge on any atom is -0.490 e. The smallest absolute Gasteiger partial charge is 0.191 e. The number of guanidine groups is 1. The lowest BCUT2D eigenvalue weighted by Gasteiger charge is -2.26. The lowest BCUT2D eigenvalue weighted by atomic mass is 10.1. The zero-order chi connectivity index (χ0) is 21.2. The number of ether oxygens (including phenoxy) is 2. The molecule has 1 unspecified atom stereocenters. The van der Waals surface area contributed by atoms with Crippen LogP contribution in [0.1, 0.15) is 51.1 Å². The SMILES string of the molecule is CCNC(=NCCCCN1CCOCC1)NC(C)c1ccc(OCC2CC2)c(F)c1.I. The molecular formula is C23H38FIN4O2. The molecule has 1 atom stereocenters. The fourth-order valence-corrected chi connectivity index (χ4v) is 3.47. The van der Waals surface area contributed by atoms with E-state index in [1.807, 2.05) is 19.9 Å². The van der Waals surface area contributed by atoms with Crippen LogP contribution in [0.3, 0.4) is 0 Å². The number of morpholine rings is 1. The van der Waals surface area contributed by atoms with Crippen molar-refractivity contribution in [2.24, 2.45) is 10.9 Å². The molecule has 3 rings (SSSR count). The second-order valence-corrected chi connectivity index (χ2v) is 8.23. The van der Waals surface area contributed by atoms with Gasteiger partial charge >= 0.3 is 0 Å². The van der Waals surface area contributed by atoms with Crippen LogP contribution in [0.4, 0.5) is 4.39 Å². The highest BCUT2D eigenvalue weighted by Crippen LogP contribution is 2.30. The predicted molar refractivity (Wildman–Crippen MR) is 134 cm³/mol. The lowest BCUT2D eigenvalue weighted by Crippen LogP contribution is -2.39. The zero-order valence-corrected chi connectivity index (χ0v) is 21.2. The van der Waals surface area contributed by atoms with Gasteiger partial charge in [-0.3, -0.25) is 9.89 Å². The van der Waals surface area contributed by atoms with Gasteiger partial charge in [-0.2, -0.15) is 0 Å². The number of nitrogens with one attached hydrogen (secondary N) is 2. The number of hydrogen-bond donors (Lipinski definition) is 2. The van der Waals surface area contributed by atoms with Gasteiger partial charge in [-0.15, -0.1) is 24.0 Å². The van der Waals surface area contributed by atoms with Crippen molar-refractivity contribution in [3.63, 3.8) is 0 Å². The molecule has 2 fully saturated rings. The third kappa shape index (κ3) is 9.49. The van der Waals surface area contributed by atoms with E-state index in [0.717, 1.165) is 70.3 Å². The predicted octanol–water partition coefficient (Wildman–Crippen LogP) is 3.96. The Morgan fingerprint density at radius 1 is 1.29 bits per heavy atom. The van der Waals surface area contributed by atoms with Gasteiger partial charge in [0.15, 0.2) is 17.5 Å². The molecule has 2 N–H and O–H groups in total. The van der Waals surface area contributed by atoms with Crippen molar-refractivity contribution in [2.45, 2.75) is 45.6 Å². The summed E-state index contributed by atoms with van der Waals surface area (Å²) in [6, 6.07) is 5.17. The van der Waals surface area contributed by atoms with E-state index in [2.05, 4.69) is 15.5 Å². The first kappa shape index (κ1) is 26.1. The number of unbranched alkanes of at least 4 members (excludes halogenated alkanes) is 1. The Morgan fingerprint density at radius 3 is 2.74 bits per heavy atom. The Balaban J connectivity index is 0.00000341. The molecule has 1 saturated carbocycles. The van der Waals surface area contributed by atoms with Crippen LogP contribution in [-0.2, 0) is 4.74 Å². The highest BCUT2D eigenvalue weighted by Gasteiger charge is 2.22. The van der Waals surface area contributed by atoms with Gasteiger partial charge in [-0.05, 0) is 69.7 Å². The highest BCUT2D eigenvalue weighted by molar-refractivity contribution is 14.0. The van der Waals surface area contributed by atoms with Crippen LogP contribution in [0, 0.1) is 11.7 Å². The topological polar surface area (TPSA) is 58.1 Å². The van der Waals surface area contributed by atoms with Gasteiger partial charge in [0.05, 0.1) is 25.9 Å². The number of nitrogens with zero attached hydrogens (tertiary/aromatic N) is 2. The van der Waals surface area contributed by atoms with E-state index >= 15 is 0 Å². The van der Waals surface area contributed by atoms with Crippen LogP contribution in [0.5, 0.6) is 5.75 Å². The number of halogens is 2. The van der Waals surface area contributed by atoms with E-state index in [0.29, 0.717) is 18.3 Å². The molecule has 1 aliphatic carbocycles. The van der Waals surface area contributed by atoms with Crippen molar-refractivity contribution in [3.05, 3.63) is 29.6 Å². The number of aliphatic imine (C=N–C) groups is 1. The van der Waals surface area contributed by atoms with Crippen LogP contribution in [0.25, 0.3) is 0 Å². The maximum atomic E-state index is 14.4. The molecule has 1 aliphatic heterocycles. The first-order valence-corrected chi connectivity index (χ1v) is 11.4. The minimum atomic E-state index is -0.299. The average molecular weight is 548 g/mol. The van der Waals surface area contributed by atoms with E-state index in [9.17, 15) is 4.39 Å². The van der Waals surface area contributed by atoms with E-state index < -0.39 is 0 Å². The van der Waals surface area contributed by atoms with E-state index in [-0.39, 0.29) is 35.8 Å². The van der Waals surface area contributed by atoms with E-state index in [1.54, 1.807) is 12.1 Å². The van der Waals surface area contributed by atoms with Gasteiger partial charge in [-0.1, -0.05) is 6.07 Å². The Morgan fingerprint density at radius 2 is 2.06 bits per heavy atom. The van der Waals surface area contributed by atoms with Crippen molar-refractivity contribution >= 4 is 29.9 Å². The number of benzene rings is 1. The van der Waals surface area contributed by atoms with Gasteiger partial charge in [0.1, 0.15) is 0 Å². The van der Waals surface area contributed by atoms with Crippen LogP contribution in [0.15, 0.2) is 23.2 Å². The van der Waals surface area contributed by atoms with Gasteiger partial charge < -0.3 is 20.1 Å². The summed E-state index contributed by atoms with van der Waals surface area (Å²) < 4.78 is 25.4. The summed E-state index contributed by atoms with van der Waals surface area (Å²) >= 11 is 0. The summed E-state index contributed by atoms with van der Waals surface area (Å²) in [4.78, 5) is 7.14. The van der Waals surface area contributed by atoms with E-state index in [4.69, 9.17) is 14.5 Å². The third-order valence-electron chi connectivity index (χ3n) is 5.58. The molecule has 0 amide bonds. The molecule has 0 aromatic heterocycles. The molecular weight excluding hydrogens is 510 g/mol. The minimum absolute atomic E-state index is 0. The second kappa shape index (κ2) is 14.1. The van der Waals surface area contributed by atoms with Crippen LogP contribution < -0.4 is 15.4 Å². The molecule has 6 nitrogen and oxygen atoms in total. The summed E-state index contributed by atoms with van der Waals surface area (Å²) in [5, 5.41) is 6.67. The molecule has 1 aromatic carbocycles. The molecule has 1 heterocycles. The first-order valence-electron chi connectivity index (χ1n) is 11.4. The summed E-state index contributed by atoms with van der Waals surface area (Å²) in [6.45, 7) is 11.1. The van der Waals surface area contributed by atoms with Crippen molar-refractivity contribution < 1.29 is 13.9 Å². The summed E-state index contributed by atoms with van der Waals surface area (Å²) in [6.07, 6.45) is 4.57. The monoisotopic (exact) mass is 548 g/mol. The maximum absolute atomic E-state index is 14.4. The van der Waals surface area contributed by atoms with Gasteiger partial charge in [-0.25, -0.2) is 4.39 Å². The Labute approximate surface area is 203 Å². The van der Waals surface area contributed by atoms with E-state index in [1.165, 1.54) is 12.8 Å². The molecule has 1 saturated heterocycles. The van der Waals surface area contributed by atoms with Crippen molar-refractivity contribution in [1.82, 2.24) is 15.5 Å². The fourth-order valence-electron chi connectivity index (χ4n) is 3.47. The van der Waals surface area contributed by atoms with Crippen LogP contribution >= 0.6 is 24.0 Å².